The molecule has 4 unspecified atom stereocenters. The highest BCUT2D eigenvalue weighted by atomic mass is 16.4. The fraction of sp³-hybridized carbons (Fsp3) is 0.478. The van der Waals surface area contributed by atoms with E-state index in [2.05, 4.69) is 10.6 Å². The van der Waals surface area contributed by atoms with Crippen molar-refractivity contribution < 1.29 is 49.2 Å². The minimum atomic E-state index is -1.86. The number of carbonyl (C=O) groups is 6. The van der Waals surface area contributed by atoms with Gasteiger partial charge < -0.3 is 42.1 Å². The molecule has 14 heteroatoms. The van der Waals surface area contributed by atoms with Gasteiger partial charge in [-0.15, -0.1) is 0 Å². The van der Waals surface area contributed by atoms with Gasteiger partial charge in [0.15, 0.2) is 0 Å². The Balaban J connectivity index is 2.98. The Bertz CT molecular complexity index is 996. The number of amides is 3. The highest BCUT2D eigenvalue weighted by Crippen LogP contribution is 2.12. The van der Waals surface area contributed by atoms with Gasteiger partial charge in [-0.25, -0.2) is 4.79 Å². The Morgan fingerprint density at radius 3 is 1.70 bits per heavy atom. The third-order valence-corrected chi connectivity index (χ3v) is 5.07. The van der Waals surface area contributed by atoms with Crippen LogP contribution in [-0.2, 0) is 35.2 Å². The van der Waals surface area contributed by atoms with Crippen molar-refractivity contribution in [1.82, 2.24) is 16.0 Å². The average molecular weight is 525 g/mol. The summed E-state index contributed by atoms with van der Waals surface area (Å²) in [7, 11) is 0. The van der Waals surface area contributed by atoms with E-state index in [1.54, 1.807) is 26.0 Å². The molecule has 0 fully saturated rings. The molecule has 1 aromatic carbocycles. The topological polar surface area (TPSA) is 245 Å². The molecular formula is C23H32N4O10. The zero-order valence-corrected chi connectivity index (χ0v) is 20.3. The first kappa shape index (κ1) is 30.8. The van der Waals surface area contributed by atoms with Crippen LogP contribution in [0, 0.1) is 5.92 Å². The van der Waals surface area contributed by atoms with E-state index in [4.69, 9.17) is 21.1 Å². The number of phenolic OH excluding ortho intramolecular Hbond substituents is 1. The smallest absolute Gasteiger partial charge is 0.326 e. The maximum absolute atomic E-state index is 12.9. The summed E-state index contributed by atoms with van der Waals surface area (Å²) in [6.07, 6.45) is -1.71. The minimum Gasteiger partial charge on any atom is -0.508 e. The first-order chi connectivity index (χ1) is 17.2. The summed E-state index contributed by atoms with van der Waals surface area (Å²) < 4.78 is 0. The largest absolute Gasteiger partial charge is 0.508 e. The van der Waals surface area contributed by atoms with Crippen LogP contribution in [0.1, 0.15) is 38.7 Å². The molecule has 1 aromatic rings. The molecule has 0 heterocycles. The van der Waals surface area contributed by atoms with E-state index >= 15 is 0 Å². The first-order valence-electron chi connectivity index (χ1n) is 11.3. The lowest BCUT2D eigenvalue weighted by molar-refractivity contribution is -0.148. The number of hydrogen-bond acceptors (Lipinski definition) is 8. The van der Waals surface area contributed by atoms with E-state index in [0.29, 0.717) is 5.56 Å². The number of carbonyl (C=O) groups excluding carboxylic acids is 3. The first-order valence-corrected chi connectivity index (χ1v) is 11.3. The van der Waals surface area contributed by atoms with Gasteiger partial charge >= 0.3 is 17.9 Å². The number of rotatable bonds is 15. The molecule has 0 aliphatic rings. The van der Waals surface area contributed by atoms with Crippen LogP contribution in [0.4, 0.5) is 0 Å². The molecule has 0 aliphatic carbocycles. The molecule has 0 saturated carbocycles. The van der Waals surface area contributed by atoms with Crippen LogP contribution in [0.2, 0.25) is 0 Å². The molecule has 3 amide bonds. The number of aliphatic carboxylic acids is 3. The van der Waals surface area contributed by atoms with E-state index in [9.17, 15) is 33.9 Å². The van der Waals surface area contributed by atoms with Gasteiger partial charge in [0, 0.05) is 0 Å². The van der Waals surface area contributed by atoms with Crippen molar-refractivity contribution in [3.8, 4) is 5.75 Å². The van der Waals surface area contributed by atoms with Crippen molar-refractivity contribution >= 4 is 35.6 Å². The normalized spacial score (nSPS) is 14.1. The number of nitrogens with two attached hydrogens (primary N) is 1. The summed E-state index contributed by atoms with van der Waals surface area (Å²) in [5, 5.41) is 43.1. The molecule has 204 valence electrons. The number of benzene rings is 1. The van der Waals surface area contributed by atoms with Crippen LogP contribution >= 0.6 is 0 Å². The summed E-state index contributed by atoms with van der Waals surface area (Å²) in [5.41, 5.74) is 6.60. The lowest BCUT2D eigenvalue weighted by Crippen LogP contribution is -2.58. The van der Waals surface area contributed by atoms with Gasteiger partial charge in [-0.2, -0.15) is 0 Å². The van der Waals surface area contributed by atoms with Crippen LogP contribution in [0.5, 0.6) is 5.75 Å². The maximum atomic E-state index is 12.9. The summed E-state index contributed by atoms with van der Waals surface area (Å²) in [5.74, 6) is -7.59. The number of hydrogen-bond donors (Lipinski definition) is 8. The SMILES string of the molecule is CC(C)CC(NC(=O)C(N)Cc1ccc(O)cc1)C(=O)NC(CC(=O)O)C(=O)NC(CC(=O)O)C(=O)O. The molecule has 0 bridgehead atoms. The second-order valence-corrected chi connectivity index (χ2v) is 8.82. The molecule has 0 aliphatic heterocycles. The monoisotopic (exact) mass is 524 g/mol. The Labute approximate surface area is 212 Å². The summed E-state index contributed by atoms with van der Waals surface area (Å²) in [4.78, 5) is 71.5. The standard InChI is InChI=1S/C23H32N4O10/c1-11(2)7-15(25-20(33)14(24)8-12-3-5-13(28)6-4-12)21(34)26-16(9-18(29)30)22(35)27-17(23(36)37)10-19(31)32/h3-6,11,14-17,28H,7-10,24H2,1-2H3,(H,25,33)(H,26,34)(H,27,35)(H,29,30)(H,31,32)(H,36,37). The lowest BCUT2D eigenvalue weighted by atomic mass is 10.0. The zero-order chi connectivity index (χ0) is 28.3. The summed E-state index contributed by atoms with van der Waals surface area (Å²) in [6, 6.07) is 0.103. The van der Waals surface area contributed by atoms with Gasteiger partial charge in [0.1, 0.15) is 23.9 Å². The van der Waals surface area contributed by atoms with E-state index in [1.165, 1.54) is 12.1 Å². The Morgan fingerprint density at radius 2 is 1.22 bits per heavy atom. The highest BCUT2D eigenvalue weighted by Gasteiger charge is 2.32. The van der Waals surface area contributed by atoms with Gasteiger partial charge in [0.05, 0.1) is 18.9 Å². The van der Waals surface area contributed by atoms with Crippen molar-refractivity contribution in [1.29, 1.82) is 0 Å². The van der Waals surface area contributed by atoms with Crippen LogP contribution in [0.15, 0.2) is 24.3 Å². The van der Waals surface area contributed by atoms with Crippen molar-refractivity contribution in [3.63, 3.8) is 0 Å². The molecule has 14 nitrogen and oxygen atoms in total. The third kappa shape index (κ3) is 11.4. The Hall–Kier alpha value is -4.20. The van der Waals surface area contributed by atoms with E-state index in [0.717, 1.165) is 0 Å². The lowest BCUT2D eigenvalue weighted by Gasteiger charge is -2.25. The number of nitrogens with one attached hydrogen (secondary N) is 3. The van der Waals surface area contributed by atoms with Gasteiger partial charge in [-0.1, -0.05) is 26.0 Å². The molecule has 0 aromatic heterocycles. The third-order valence-electron chi connectivity index (χ3n) is 5.07. The molecule has 9 N–H and O–H groups in total. The molecule has 4 atom stereocenters. The average Bonchev–Trinajstić information content (AvgIpc) is 2.78. The number of carboxylic acid groups (broad SMARTS) is 3. The molecule has 37 heavy (non-hydrogen) atoms. The second-order valence-electron chi connectivity index (χ2n) is 8.82. The molecular weight excluding hydrogens is 492 g/mol. The Morgan fingerprint density at radius 1 is 0.757 bits per heavy atom. The number of aromatic hydroxyl groups is 1. The van der Waals surface area contributed by atoms with Crippen LogP contribution < -0.4 is 21.7 Å². The Kier molecular flexibility index (Phi) is 12.0. The van der Waals surface area contributed by atoms with Gasteiger partial charge in [0.2, 0.25) is 17.7 Å². The summed E-state index contributed by atoms with van der Waals surface area (Å²) >= 11 is 0. The number of carboxylic acids is 3. The predicted octanol–water partition coefficient (Wildman–Crippen LogP) is -1.20. The van der Waals surface area contributed by atoms with Crippen molar-refractivity contribution in [2.24, 2.45) is 11.7 Å². The molecule has 0 radical (unpaired) electrons. The van der Waals surface area contributed by atoms with Crippen molar-refractivity contribution in [3.05, 3.63) is 29.8 Å². The fourth-order valence-electron chi connectivity index (χ4n) is 3.26. The van der Waals surface area contributed by atoms with Gasteiger partial charge in [-0.05, 0) is 36.5 Å². The van der Waals surface area contributed by atoms with Gasteiger partial charge in [-0.3, -0.25) is 24.0 Å². The van der Waals surface area contributed by atoms with E-state index in [1.807, 2.05) is 5.32 Å². The fourth-order valence-corrected chi connectivity index (χ4v) is 3.26. The van der Waals surface area contributed by atoms with Crippen molar-refractivity contribution in [2.75, 3.05) is 0 Å². The summed E-state index contributed by atoms with van der Waals surface area (Å²) in [6.45, 7) is 3.52. The molecule has 0 spiro atoms. The van der Waals surface area contributed by atoms with Crippen molar-refractivity contribution in [2.45, 2.75) is 63.7 Å². The van der Waals surface area contributed by atoms with Gasteiger partial charge in [0.25, 0.3) is 0 Å². The molecule has 1 rings (SSSR count). The minimum absolute atomic E-state index is 0.0352. The molecule has 0 saturated heterocycles. The predicted molar refractivity (Wildman–Crippen MR) is 127 cm³/mol. The second kappa shape index (κ2) is 14.4. The highest BCUT2D eigenvalue weighted by molar-refractivity contribution is 5.96. The van der Waals surface area contributed by atoms with Crippen LogP contribution in [0.25, 0.3) is 0 Å². The quantitative estimate of drug-likeness (QED) is 0.135. The zero-order valence-electron chi connectivity index (χ0n) is 20.3. The number of phenols is 1. The van der Waals surface area contributed by atoms with Crippen LogP contribution in [-0.4, -0.2) is 80.2 Å². The maximum Gasteiger partial charge on any atom is 0.326 e. The van der Waals surface area contributed by atoms with E-state index in [-0.39, 0.29) is 24.5 Å². The van der Waals surface area contributed by atoms with E-state index < -0.39 is 72.6 Å². The van der Waals surface area contributed by atoms with Crippen LogP contribution in [0.3, 0.4) is 0 Å².